The third-order valence-electron chi connectivity index (χ3n) is 0.952. The third kappa shape index (κ3) is 85.4. The van der Waals surface area contributed by atoms with Crippen LogP contribution in [0.25, 0.3) is 0 Å². The molecule has 0 aliphatic carbocycles. The molecular weight excluding hydrogens is 392 g/mol. The summed E-state index contributed by atoms with van der Waals surface area (Å²) < 4.78 is 30.0. The number of rotatable bonds is 1. The fraction of sp³-hybridized carbons (Fsp3) is 0.111. The van der Waals surface area contributed by atoms with Crippen molar-refractivity contribution in [3.63, 3.8) is 0 Å². The molecule has 0 amide bonds. The fourth-order valence-corrected chi connectivity index (χ4v) is 0.361. The van der Waals surface area contributed by atoms with Crippen LogP contribution in [0.4, 0.5) is 0 Å². The minimum atomic E-state index is 0. The van der Waals surface area contributed by atoms with Crippen molar-refractivity contribution >= 4 is 0 Å². The molecular formula is C18H10Fe2O4. The van der Waals surface area contributed by atoms with E-state index >= 15 is 0 Å². The molecule has 2 aromatic carbocycles. The average Bonchev–Trinajstić information content (AvgIpc) is 3.40. The topological polar surface area (TPSA) is 79.6 Å². The van der Waals surface area contributed by atoms with Gasteiger partial charge in [0.2, 0.25) is 0 Å². The smallest absolute Gasteiger partial charge is 0.999 e. The van der Waals surface area contributed by atoms with Crippen molar-refractivity contribution in [1.29, 1.82) is 0 Å². The molecule has 0 atom stereocenters. The summed E-state index contributed by atoms with van der Waals surface area (Å²) in [5, 5.41) is 0. The van der Waals surface area contributed by atoms with Crippen molar-refractivity contribution < 1.29 is 52.7 Å². The summed E-state index contributed by atoms with van der Waals surface area (Å²) in [4.78, 5) is 0. The van der Waals surface area contributed by atoms with Crippen molar-refractivity contribution in [2.45, 2.75) is 12.8 Å². The minimum Gasteiger partial charge on any atom is -0.999 e. The van der Waals surface area contributed by atoms with Gasteiger partial charge >= 0.3 is 79.3 Å². The van der Waals surface area contributed by atoms with Crippen LogP contribution in [-0.2, 0) is 52.7 Å². The first-order chi connectivity index (χ1) is 10.9. The van der Waals surface area contributed by atoms with Crippen LogP contribution < -0.4 is 0 Å². The van der Waals surface area contributed by atoms with Gasteiger partial charge in [-0.05, 0) is 0 Å². The molecule has 4 nitrogen and oxygen atoms in total. The molecule has 2 aromatic rings. The molecule has 0 radical (unpaired) electrons. The van der Waals surface area contributed by atoms with E-state index in [1.165, 1.54) is 0 Å². The molecule has 24 heavy (non-hydrogen) atoms. The molecule has 0 N–H and O–H groups in total. The second-order valence-corrected chi connectivity index (χ2v) is 2.07. The van der Waals surface area contributed by atoms with Gasteiger partial charge in [0.25, 0.3) is 0 Å². The van der Waals surface area contributed by atoms with Crippen LogP contribution in [0.2, 0.25) is 0 Å². The zero-order valence-corrected chi connectivity index (χ0v) is 14.5. The van der Waals surface area contributed by atoms with E-state index in [0.29, 0.717) is 0 Å². The van der Waals surface area contributed by atoms with E-state index in [1.54, 1.807) is 12.1 Å². The minimum absolute atomic E-state index is 0. The summed E-state index contributed by atoms with van der Waals surface area (Å²) in [6.07, 6.45) is 1.92. The fourth-order valence-electron chi connectivity index (χ4n) is 0.361. The average molecular weight is 402 g/mol. The van der Waals surface area contributed by atoms with E-state index in [0.717, 1.165) is 12.8 Å². The zero-order chi connectivity index (χ0) is 18.5. The Kier molecular flexibility index (Phi) is 147. The molecule has 0 aliphatic rings. The molecule has 6 heteroatoms. The molecule has 0 spiro atoms. The van der Waals surface area contributed by atoms with Crippen LogP contribution in [0, 0.1) is 89.0 Å². The largest absolute Gasteiger partial charge is 6.00 e. The van der Waals surface area contributed by atoms with Gasteiger partial charge in [0.05, 0.1) is 0 Å². The molecule has 0 aromatic heterocycles. The Morgan fingerprint density at radius 3 is 0.750 bits per heavy atom. The van der Waals surface area contributed by atoms with Crippen molar-refractivity contribution in [2.24, 2.45) is 0 Å². The van der Waals surface area contributed by atoms with Crippen molar-refractivity contribution in [3.05, 3.63) is 101 Å². The Hall–Kier alpha value is -1.30. The summed E-state index contributed by atoms with van der Waals surface area (Å²) in [6, 6.07) is 24.0. The van der Waals surface area contributed by atoms with E-state index < -0.39 is 0 Å². The molecule has 2 rings (SSSR count). The van der Waals surface area contributed by atoms with Gasteiger partial charge in [-0.2, -0.15) is 0 Å². The molecule has 0 saturated carbocycles. The van der Waals surface area contributed by atoms with Crippen LogP contribution in [-0.4, -0.2) is 0 Å². The van der Waals surface area contributed by atoms with Crippen LogP contribution in [0.3, 0.4) is 0 Å². The van der Waals surface area contributed by atoms with Gasteiger partial charge < -0.3 is 74.5 Å². The molecule has 0 heterocycles. The van der Waals surface area contributed by atoms with E-state index in [9.17, 15) is 0 Å². The Balaban J connectivity index is -0.0000000292. The van der Waals surface area contributed by atoms with Crippen molar-refractivity contribution in [3.8, 4) is 0 Å². The third-order valence-corrected chi connectivity index (χ3v) is 0.952. The van der Waals surface area contributed by atoms with Crippen LogP contribution in [0.1, 0.15) is 12.8 Å². The van der Waals surface area contributed by atoms with Crippen molar-refractivity contribution in [2.75, 3.05) is 0 Å². The molecule has 122 valence electrons. The predicted octanol–water partition coefficient (Wildman–Crippen LogP) is 2.49. The summed E-state index contributed by atoms with van der Waals surface area (Å²) in [5.74, 6) is 0. The maximum atomic E-state index is 7.50. The van der Waals surface area contributed by atoms with Crippen LogP contribution >= 0.6 is 0 Å². The van der Waals surface area contributed by atoms with Crippen LogP contribution in [0.5, 0.6) is 0 Å². The SMILES string of the molecule is [C-]#[O+].[C-]#[O+].[C-]#[O+].[C-]#[O+].[CH2-]CC[CH2-].[Fe+6].[Fe+6].[c-]1[c-][c-][cH-][c-]1.[c-]1[c-][c-][cH-][c-]1. The normalized spacial score (nSPS) is 4.92. The van der Waals surface area contributed by atoms with E-state index in [-0.39, 0.29) is 34.1 Å². The summed E-state index contributed by atoms with van der Waals surface area (Å²) >= 11 is 0. The van der Waals surface area contributed by atoms with E-state index in [2.05, 4.69) is 89.0 Å². The van der Waals surface area contributed by atoms with Gasteiger partial charge in [0.1, 0.15) is 0 Å². The maximum absolute atomic E-state index is 7.50. The quantitative estimate of drug-likeness (QED) is 0.399. The standard InChI is InChI=1S/2C5H.C4H8.4CO.2Fe/c2*1-2-4-5-3-1;1-3-4-2;4*1-2;;/h2*1H;1-4H2;;;;;;/q2*-5;-2;;;;;2*+6. The summed E-state index contributed by atoms with van der Waals surface area (Å²) in [7, 11) is 0. The Morgan fingerprint density at radius 1 is 0.542 bits per heavy atom. The molecule has 0 aliphatic heterocycles. The number of hydrogen-bond donors (Lipinski definition) is 0. The van der Waals surface area contributed by atoms with E-state index in [4.69, 9.17) is 18.6 Å². The predicted molar refractivity (Wildman–Crippen MR) is 70.4 cm³/mol. The van der Waals surface area contributed by atoms with Crippen LogP contribution in [0.15, 0.2) is 12.1 Å². The summed E-state index contributed by atoms with van der Waals surface area (Å²) in [6.45, 7) is 25.1. The molecule has 0 bridgehead atoms. The first-order valence-corrected chi connectivity index (χ1v) is 4.97. The zero-order valence-electron chi connectivity index (χ0n) is 12.3. The Morgan fingerprint density at radius 2 is 0.708 bits per heavy atom. The van der Waals surface area contributed by atoms with Gasteiger partial charge in [-0.1, -0.05) is 0 Å². The van der Waals surface area contributed by atoms with Gasteiger partial charge in [-0.25, -0.2) is 12.8 Å². The monoisotopic (exact) mass is 402 g/mol. The van der Waals surface area contributed by atoms with Gasteiger partial charge in [0.15, 0.2) is 0 Å². The second-order valence-electron chi connectivity index (χ2n) is 2.07. The first-order valence-electron chi connectivity index (χ1n) is 4.97. The summed E-state index contributed by atoms with van der Waals surface area (Å²) in [5.41, 5.74) is 0. The van der Waals surface area contributed by atoms with E-state index in [1.807, 2.05) is 0 Å². The van der Waals surface area contributed by atoms with Gasteiger partial charge in [0, 0.05) is 0 Å². The number of hydrogen-bond acceptors (Lipinski definition) is 0. The number of unbranched alkanes of at least 4 members (excludes halogenated alkanes) is 1. The second kappa shape index (κ2) is 81.2. The molecule has 0 saturated heterocycles. The molecule has 0 unspecified atom stereocenters. The van der Waals surface area contributed by atoms with Gasteiger partial charge in [-0.3, -0.25) is 0 Å². The van der Waals surface area contributed by atoms with Gasteiger partial charge in [-0.15, -0.1) is 0 Å². The maximum Gasteiger partial charge on any atom is 6.00 e. The Labute approximate surface area is 166 Å². The Bertz CT molecular complexity index is 301. The molecule has 0 fully saturated rings. The van der Waals surface area contributed by atoms with Crippen molar-refractivity contribution in [1.82, 2.24) is 0 Å². The first kappa shape index (κ1) is 43.4.